The van der Waals surface area contributed by atoms with Gasteiger partial charge in [0, 0.05) is 0 Å². The third-order valence-corrected chi connectivity index (χ3v) is 4.74. The third kappa shape index (κ3) is 6.21. The van der Waals surface area contributed by atoms with E-state index in [2.05, 4.69) is 54.3 Å². The first-order valence-electron chi connectivity index (χ1n) is 10.2. The van der Waals surface area contributed by atoms with Crippen LogP contribution in [0.4, 0.5) is 0 Å². The highest BCUT2D eigenvalue weighted by molar-refractivity contribution is 6.32. The van der Waals surface area contributed by atoms with E-state index in [0.29, 0.717) is 42.3 Å². The highest BCUT2D eigenvalue weighted by Crippen LogP contribution is 2.36. The lowest BCUT2D eigenvalue weighted by atomic mass is 10.0. The van der Waals surface area contributed by atoms with Crippen molar-refractivity contribution in [1.82, 2.24) is 14.9 Å². The van der Waals surface area contributed by atoms with E-state index in [-0.39, 0.29) is 0 Å². The second kappa shape index (κ2) is 10.8. The summed E-state index contributed by atoms with van der Waals surface area (Å²) in [6.45, 7) is 9.46. The number of nitrogens with zero attached hydrogens (tertiary/aromatic N) is 4. The quantitative estimate of drug-likeness (QED) is 0.322. The van der Waals surface area contributed by atoms with Gasteiger partial charge in [-0.15, -0.1) is 10.2 Å². The number of halogens is 1. The number of aryl methyl sites for hydroxylation is 1. The van der Waals surface area contributed by atoms with Crippen molar-refractivity contribution in [2.24, 2.45) is 5.10 Å². The third-order valence-electron chi connectivity index (χ3n) is 4.46. The van der Waals surface area contributed by atoms with Crippen molar-refractivity contribution < 1.29 is 14.2 Å². The van der Waals surface area contributed by atoms with Gasteiger partial charge in [-0.1, -0.05) is 37.6 Å². The average Bonchev–Trinajstić information content (AvgIpc) is 3.25. The fourth-order valence-corrected chi connectivity index (χ4v) is 3.27. The van der Waals surface area contributed by atoms with Crippen LogP contribution in [-0.4, -0.2) is 40.9 Å². The monoisotopic (exact) mass is 442 g/mol. The molecule has 8 heteroatoms. The summed E-state index contributed by atoms with van der Waals surface area (Å²) in [6.07, 6.45) is 4.64. The summed E-state index contributed by atoms with van der Waals surface area (Å²) in [5, 5.41) is 12.1. The van der Waals surface area contributed by atoms with Crippen LogP contribution < -0.4 is 14.2 Å². The summed E-state index contributed by atoms with van der Waals surface area (Å²) in [5.41, 5.74) is 3.10. The second-order valence-electron chi connectivity index (χ2n) is 7.24. The van der Waals surface area contributed by atoms with Crippen molar-refractivity contribution in [3.8, 4) is 17.2 Å². The zero-order valence-corrected chi connectivity index (χ0v) is 19.0. The molecule has 0 bridgehead atoms. The molecule has 0 saturated carbocycles. The van der Waals surface area contributed by atoms with Crippen LogP contribution >= 0.6 is 11.6 Å². The molecular formula is C23H27ClN4O3. The highest BCUT2D eigenvalue weighted by atomic mass is 35.5. The number of rotatable bonds is 10. The Morgan fingerprint density at radius 1 is 1.03 bits per heavy atom. The molecule has 0 aliphatic carbocycles. The largest absolute Gasteiger partial charge is 0.490 e. The van der Waals surface area contributed by atoms with Gasteiger partial charge in [-0.2, -0.15) is 5.10 Å². The maximum atomic E-state index is 6.48. The normalized spacial score (nSPS) is 11.3. The molecule has 0 aliphatic rings. The predicted octanol–water partition coefficient (Wildman–Crippen LogP) is 5.10. The Morgan fingerprint density at radius 3 is 2.48 bits per heavy atom. The fraction of sp³-hybridized carbons (Fsp3) is 0.348. The summed E-state index contributed by atoms with van der Waals surface area (Å²) in [7, 11) is 0. The zero-order chi connectivity index (χ0) is 22.2. The Morgan fingerprint density at radius 2 is 1.77 bits per heavy atom. The van der Waals surface area contributed by atoms with E-state index >= 15 is 0 Å². The topological polar surface area (TPSA) is 70.8 Å². The van der Waals surface area contributed by atoms with E-state index in [1.54, 1.807) is 12.3 Å². The zero-order valence-electron chi connectivity index (χ0n) is 18.2. The van der Waals surface area contributed by atoms with Crippen LogP contribution in [0.2, 0.25) is 5.02 Å². The molecule has 0 fully saturated rings. The summed E-state index contributed by atoms with van der Waals surface area (Å²) >= 11 is 6.48. The van der Waals surface area contributed by atoms with Crippen molar-refractivity contribution in [3.05, 3.63) is 64.7 Å². The Bertz CT molecular complexity index is 1020. The first-order chi connectivity index (χ1) is 15.0. The number of aromatic nitrogens is 3. The molecule has 31 heavy (non-hydrogen) atoms. The standard InChI is InChI=1S/C23H27ClN4O3/c1-5-29-22-12-18(13-27-28-14-25-26-15-28)11-20(24)23(22)31-9-8-30-21-10-17(4)6-7-19(21)16(2)3/h6-7,10-16H,5,8-9H2,1-4H3/b27-13-. The van der Waals surface area contributed by atoms with Gasteiger partial charge in [0.25, 0.3) is 0 Å². The van der Waals surface area contributed by atoms with Gasteiger partial charge in [0.15, 0.2) is 11.5 Å². The molecule has 1 aromatic heterocycles. The molecule has 3 aromatic rings. The van der Waals surface area contributed by atoms with Crippen molar-refractivity contribution >= 4 is 17.8 Å². The number of hydrogen-bond acceptors (Lipinski definition) is 6. The van der Waals surface area contributed by atoms with Crippen LogP contribution in [0.1, 0.15) is 43.4 Å². The van der Waals surface area contributed by atoms with Gasteiger partial charge in [0.2, 0.25) is 0 Å². The van der Waals surface area contributed by atoms with Crippen molar-refractivity contribution in [2.45, 2.75) is 33.6 Å². The molecule has 7 nitrogen and oxygen atoms in total. The lowest BCUT2D eigenvalue weighted by Crippen LogP contribution is -2.11. The molecule has 0 aliphatic heterocycles. The molecule has 3 rings (SSSR count). The Kier molecular flexibility index (Phi) is 7.89. The maximum Gasteiger partial charge on any atom is 0.179 e. The minimum absolute atomic E-state index is 0.333. The molecule has 2 aromatic carbocycles. The van der Waals surface area contributed by atoms with Gasteiger partial charge < -0.3 is 14.2 Å². The maximum absolute atomic E-state index is 6.48. The Balaban J connectivity index is 1.68. The first-order valence-corrected chi connectivity index (χ1v) is 10.6. The van der Waals surface area contributed by atoms with Crippen LogP contribution in [0.5, 0.6) is 17.2 Å². The average molecular weight is 443 g/mol. The minimum Gasteiger partial charge on any atom is -0.490 e. The van der Waals surface area contributed by atoms with Crippen LogP contribution in [0.15, 0.2) is 48.1 Å². The molecule has 0 unspecified atom stereocenters. The van der Waals surface area contributed by atoms with Crippen LogP contribution in [0.25, 0.3) is 0 Å². The van der Waals surface area contributed by atoms with Crippen molar-refractivity contribution in [2.75, 3.05) is 19.8 Å². The molecule has 1 heterocycles. The molecule has 0 amide bonds. The lowest BCUT2D eigenvalue weighted by Gasteiger charge is -2.17. The van der Waals surface area contributed by atoms with Gasteiger partial charge in [-0.3, -0.25) is 0 Å². The predicted molar refractivity (Wildman–Crippen MR) is 122 cm³/mol. The highest BCUT2D eigenvalue weighted by Gasteiger charge is 2.13. The van der Waals surface area contributed by atoms with E-state index < -0.39 is 0 Å². The molecular weight excluding hydrogens is 416 g/mol. The van der Waals surface area contributed by atoms with Crippen molar-refractivity contribution in [1.29, 1.82) is 0 Å². The molecule has 0 radical (unpaired) electrons. The molecule has 0 saturated heterocycles. The molecule has 0 spiro atoms. The summed E-state index contributed by atoms with van der Waals surface area (Å²) < 4.78 is 19.2. The van der Waals surface area contributed by atoms with Gasteiger partial charge >= 0.3 is 0 Å². The summed E-state index contributed by atoms with van der Waals surface area (Å²) in [6, 6.07) is 9.86. The number of ether oxygens (including phenoxy) is 3. The smallest absolute Gasteiger partial charge is 0.179 e. The van der Waals surface area contributed by atoms with Crippen molar-refractivity contribution in [3.63, 3.8) is 0 Å². The Labute approximate surface area is 187 Å². The Hall–Kier alpha value is -3.06. The molecule has 0 atom stereocenters. The molecule has 164 valence electrons. The van der Waals surface area contributed by atoms with Gasteiger partial charge in [0.05, 0.1) is 17.8 Å². The minimum atomic E-state index is 0.333. The fourth-order valence-electron chi connectivity index (χ4n) is 2.99. The second-order valence-corrected chi connectivity index (χ2v) is 7.65. The van der Waals surface area contributed by atoms with Crippen LogP contribution in [0, 0.1) is 6.92 Å². The number of hydrogen-bond donors (Lipinski definition) is 0. The van der Waals surface area contributed by atoms with E-state index in [1.165, 1.54) is 22.9 Å². The summed E-state index contributed by atoms with van der Waals surface area (Å²) in [5.74, 6) is 2.30. The van der Waals surface area contributed by atoms with Crippen LogP contribution in [0.3, 0.4) is 0 Å². The van der Waals surface area contributed by atoms with E-state index in [9.17, 15) is 0 Å². The van der Waals surface area contributed by atoms with E-state index in [0.717, 1.165) is 16.9 Å². The van der Waals surface area contributed by atoms with Gasteiger partial charge in [0.1, 0.15) is 31.6 Å². The van der Waals surface area contributed by atoms with Crippen LogP contribution in [-0.2, 0) is 0 Å². The lowest BCUT2D eigenvalue weighted by molar-refractivity contribution is 0.207. The first kappa shape index (κ1) is 22.6. The SMILES string of the molecule is CCOc1cc(/C=N\n2cnnc2)cc(Cl)c1OCCOc1cc(C)ccc1C(C)C. The van der Waals surface area contributed by atoms with E-state index in [4.69, 9.17) is 25.8 Å². The van der Waals surface area contributed by atoms with Gasteiger partial charge in [-0.25, -0.2) is 4.68 Å². The van der Waals surface area contributed by atoms with E-state index in [1.807, 2.05) is 13.0 Å². The molecule has 0 N–H and O–H groups in total. The number of benzene rings is 2. The van der Waals surface area contributed by atoms with Gasteiger partial charge in [-0.05, 0) is 54.7 Å². The summed E-state index contributed by atoms with van der Waals surface area (Å²) in [4.78, 5) is 0.